The van der Waals surface area contributed by atoms with E-state index >= 15 is 0 Å². The lowest BCUT2D eigenvalue weighted by atomic mass is 9.81. The second kappa shape index (κ2) is 7.25. The van der Waals surface area contributed by atoms with Crippen LogP contribution in [0.15, 0.2) is 0 Å². The number of nitrogens with two attached hydrogens (primary N) is 1. The van der Waals surface area contributed by atoms with Gasteiger partial charge in [-0.3, -0.25) is 0 Å². The van der Waals surface area contributed by atoms with Crippen LogP contribution in [-0.2, 0) is 9.47 Å². The van der Waals surface area contributed by atoms with Gasteiger partial charge in [0.2, 0.25) is 0 Å². The second-order valence-electron chi connectivity index (χ2n) is 5.26. The van der Waals surface area contributed by atoms with Gasteiger partial charge in [0.1, 0.15) is 0 Å². The smallest absolute Gasteiger partial charge is 0.0700 e. The first-order valence-electron chi connectivity index (χ1n) is 6.49. The molecule has 16 heavy (non-hydrogen) atoms. The number of rotatable bonds is 8. The van der Waals surface area contributed by atoms with E-state index in [2.05, 4.69) is 6.92 Å². The molecule has 0 spiro atoms. The van der Waals surface area contributed by atoms with Crippen LogP contribution in [0.2, 0.25) is 0 Å². The van der Waals surface area contributed by atoms with Crippen molar-refractivity contribution in [2.75, 3.05) is 33.5 Å². The summed E-state index contributed by atoms with van der Waals surface area (Å²) in [6, 6.07) is 0. The second-order valence-corrected chi connectivity index (χ2v) is 5.26. The lowest BCUT2D eigenvalue weighted by Crippen LogP contribution is -2.28. The summed E-state index contributed by atoms with van der Waals surface area (Å²) in [5, 5.41) is 0. The molecule has 2 atom stereocenters. The minimum atomic E-state index is 0.421. The molecule has 3 heteroatoms. The monoisotopic (exact) mass is 229 g/mol. The van der Waals surface area contributed by atoms with E-state index in [9.17, 15) is 0 Å². The first kappa shape index (κ1) is 13.9. The highest BCUT2D eigenvalue weighted by atomic mass is 16.5. The van der Waals surface area contributed by atoms with Crippen LogP contribution in [0, 0.1) is 11.3 Å². The maximum atomic E-state index is 5.93. The van der Waals surface area contributed by atoms with Gasteiger partial charge in [-0.1, -0.05) is 13.3 Å². The highest BCUT2D eigenvalue weighted by Crippen LogP contribution is 2.44. The third-order valence-corrected chi connectivity index (χ3v) is 3.81. The molecule has 1 rings (SSSR count). The van der Waals surface area contributed by atoms with Crippen LogP contribution >= 0.6 is 0 Å². The van der Waals surface area contributed by atoms with E-state index in [0.717, 1.165) is 25.5 Å². The Labute approximate surface area is 99.7 Å². The summed E-state index contributed by atoms with van der Waals surface area (Å²) in [7, 11) is 1.70. The fraction of sp³-hybridized carbons (Fsp3) is 1.00. The zero-order chi connectivity index (χ0) is 11.9. The summed E-state index contributed by atoms with van der Waals surface area (Å²) < 4.78 is 10.4. The van der Waals surface area contributed by atoms with Crippen molar-refractivity contribution in [2.24, 2.45) is 17.1 Å². The molecule has 0 saturated heterocycles. The summed E-state index contributed by atoms with van der Waals surface area (Å²) in [5.74, 6) is 0.859. The molecule has 0 aromatic carbocycles. The van der Waals surface area contributed by atoms with Gasteiger partial charge in [-0.15, -0.1) is 0 Å². The van der Waals surface area contributed by atoms with Gasteiger partial charge < -0.3 is 15.2 Å². The Morgan fingerprint density at radius 1 is 1.31 bits per heavy atom. The Hall–Kier alpha value is -0.120. The van der Waals surface area contributed by atoms with Crippen LogP contribution in [0.1, 0.15) is 39.0 Å². The SMILES string of the molecule is COCCOCCCC1(CN)CCC(C)C1. The number of hydrogen-bond acceptors (Lipinski definition) is 3. The average molecular weight is 229 g/mol. The molecule has 1 saturated carbocycles. The third kappa shape index (κ3) is 4.40. The van der Waals surface area contributed by atoms with Crippen LogP contribution in [0.5, 0.6) is 0 Å². The van der Waals surface area contributed by atoms with Crippen LogP contribution in [0.4, 0.5) is 0 Å². The van der Waals surface area contributed by atoms with Gasteiger partial charge in [-0.25, -0.2) is 0 Å². The molecule has 0 heterocycles. The van der Waals surface area contributed by atoms with Crippen molar-refractivity contribution < 1.29 is 9.47 Å². The summed E-state index contributed by atoms with van der Waals surface area (Å²) in [6.07, 6.45) is 6.32. The molecule has 96 valence electrons. The fourth-order valence-corrected chi connectivity index (χ4v) is 2.80. The summed E-state index contributed by atoms with van der Waals surface area (Å²) >= 11 is 0. The third-order valence-electron chi connectivity index (χ3n) is 3.81. The Morgan fingerprint density at radius 2 is 2.12 bits per heavy atom. The molecule has 1 aliphatic carbocycles. The number of ether oxygens (including phenoxy) is 2. The zero-order valence-electron chi connectivity index (χ0n) is 10.8. The maximum absolute atomic E-state index is 5.93. The summed E-state index contributed by atoms with van der Waals surface area (Å²) in [4.78, 5) is 0. The predicted molar refractivity (Wildman–Crippen MR) is 66.4 cm³/mol. The van der Waals surface area contributed by atoms with Gasteiger partial charge in [-0.2, -0.15) is 0 Å². The lowest BCUT2D eigenvalue weighted by molar-refractivity contribution is 0.0637. The first-order valence-corrected chi connectivity index (χ1v) is 6.49. The quantitative estimate of drug-likeness (QED) is 0.649. The standard InChI is InChI=1S/C13H27NO2/c1-12-4-6-13(10-12,11-14)5-3-7-16-9-8-15-2/h12H,3-11,14H2,1-2H3. The Kier molecular flexibility index (Phi) is 6.32. The molecule has 0 radical (unpaired) electrons. The van der Waals surface area contributed by atoms with Crippen LogP contribution in [-0.4, -0.2) is 33.5 Å². The largest absolute Gasteiger partial charge is 0.382 e. The van der Waals surface area contributed by atoms with Gasteiger partial charge in [-0.05, 0) is 43.6 Å². The molecular weight excluding hydrogens is 202 g/mol. The van der Waals surface area contributed by atoms with Gasteiger partial charge in [0.05, 0.1) is 13.2 Å². The van der Waals surface area contributed by atoms with Crippen LogP contribution in [0.25, 0.3) is 0 Å². The molecule has 3 nitrogen and oxygen atoms in total. The molecular formula is C13H27NO2. The molecule has 0 aromatic rings. The van der Waals surface area contributed by atoms with Gasteiger partial charge >= 0.3 is 0 Å². The summed E-state index contributed by atoms with van der Waals surface area (Å²) in [5.41, 5.74) is 6.35. The van der Waals surface area contributed by atoms with Crippen LogP contribution in [0.3, 0.4) is 0 Å². The Balaban J connectivity index is 2.10. The molecule has 0 aromatic heterocycles. The zero-order valence-corrected chi connectivity index (χ0v) is 10.8. The van der Waals surface area contributed by atoms with Crippen molar-refractivity contribution in [2.45, 2.75) is 39.0 Å². The van der Waals surface area contributed by atoms with Crippen LogP contribution < -0.4 is 5.73 Å². The van der Waals surface area contributed by atoms with E-state index in [-0.39, 0.29) is 0 Å². The molecule has 2 unspecified atom stereocenters. The Morgan fingerprint density at radius 3 is 2.69 bits per heavy atom. The predicted octanol–water partition coefficient (Wildman–Crippen LogP) is 2.19. The highest BCUT2D eigenvalue weighted by molar-refractivity contribution is 4.88. The van der Waals surface area contributed by atoms with Gasteiger partial charge in [0.25, 0.3) is 0 Å². The molecule has 1 fully saturated rings. The number of hydrogen-bond donors (Lipinski definition) is 1. The molecule has 0 amide bonds. The van der Waals surface area contributed by atoms with Crippen molar-refractivity contribution in [3.05, 3.63) is 0 Å². The first-order chi connectivity index (χ1) is 7.72. The van der Waals surface area contributed by atoms with Crippen molar-refractivity contribution in [3.8, 4) is 0 Å². The van der Waals surface area contributed by atoms with Crippen molar-refractivity contribution >= 4 is 0 Å². The fourth-order valence-electron chi connectivity index (χ4n) is 2.80. The van der Waals surface area contributed by atoms with E-state index in [1.165, 1.54) is 25.7 Å². The van der Waals surface area contributed by atoms with Crippen molar-refractivity contribution in [3.63, 3.8) is 0 Å². The highest BCUT2D eigenvalue weighted by Gasteiger charge is 2.35. The van der Waals surface area contributed by atoms with E-state index in [0.29, 0.717) is 18.6 Å². The normalized spacial score (nSPS) is 29.8. The average Bonchev–Trinajstić information content (AvgIpc) is 2.66. The molecule has 0 bridgehead atoms. The van der Waals surface area contributed by atoms with E-state index in [1.54, 1.807) is 7.11 Å². The number of methoxy groups -OCH3 is 1. The van der Waals surface area contributed by atoms with Crippen molar-refractivity contribution in [1.82, 2.24) is 0 Å². The lowest BCUT2D eigenvalue weighted by Gasteiger charge is -2.27. The minimum absolute atomic E-state index is 0.421. The van der Waals surface area contributed by atoms with E-state index < -0.39 is 0 Å². The van der Waals surface area contributed by atoms with E-state index in [4.69, 9.17) is 15.2 Å². The molecule has 2 N–H and O–H groups in total. The molecule has 0 aliphatic heterocycles. The van der Waals surface area contributed by atoms with Crippen molar-refractivity contribution in [1.29, 1.82) is 0 Å². The minimum Gasteiger partial charge on any atom is -0.382 e. The van der Waals surface area contributed by atoms with Gasteiger partial charge in [0, 0.05) is 13.7 Å². The van der Waals surface area contributed by atoms with Gasteiger partial charge in [0.15, 0.2) is 0 Å². The topological polar surface area (TPSA) is 44.5 Å². The maximum Gasteiger partial charge on any atom is 0.0700 e. The summed E-state index contributed by atoms with van der Waals surface area (Å²) in [6.45, 7) is 5.43. The Bertz CT molecular complexity index is 187. The van der Waals surface area contributed by atoms with E-state index in [1.807, 2.05) is 0 Å². The molecule has 1 aliphatic rings.